The first-order valence-electron chi connectivity index (χ1n) is 29.1. The number of carbonyl (C=O) groups is 8. The zero-order valence-electron chi connectivity index (χ0n) is 51.7. The van der Waals surface area contributed by atoms with Crippen molar-refractivity contribution in [1.82, 2.24) is 19.6 Å². The molecular weight excluding hydrogens is 1070 g/mol. The molecule has 4 amide bonds. The Hall–Kier alpha value is -6.02. The molecule has 3 fully saturated rings. The van der Waals surface area contributed by atoms with Crippen molar-refractivity contribution in [2.75, 3.05) is 61.2 Å². The summed E-state index contributed by atoms with van der Waals surface area (Å²) in [6, 6.07) is 8.65. The molecule has 462 valence electrons. The van der Waals surface area contributed by atoms with Crippen LogP contribution in [0.2, 0.25) is 0 Å². The SMILES string of the molecule is C[C@H]1OC(=O)[C@H](CC(C)(C)C)N(C)C(=O)[C@@H](Cc2ccc(C3CCOCC3)cc2)OC(=O)[C@H](CC(C)(C)F)N(C)C(=O)COC(=O)[C@H](CC(C)(C)C)N(C)C(=O)[C@@H](Cc2ccc(C3CCOCC3)cc2)OC(=O)[C@H](CC(C)(C)F)N(C)C1=O. The summed E-state index contributed by atoms with van der Waals surface area (Å²) in [6.45, 7) is 18.4. The Balaban J connectivity index is 1.62. The van der Waals surface area contributed by atoms with Crippen LogP contribution in [-0.2, 0) is 79.6 Å². The van der Waals surface area contributed by atoms with Gasteiger partial charge in [-0.05, 0) is 118 Å². The van der Waals surface area contributed by atoms with Gasteiger partial charge >= 0.3 is 23.9 Å². The third-order valence-electron chi connectivity index (χ3n) is 15.6. The second-order valence-corrected chi connectivity index (χ2v) is 26.5. The van der Waals surface area contributed by atoms with Crippen LogP contribution in [0.5, 0.6) is 0 Å². The molecule has 0 aromatic heterocycles. The van der Waals surface area contributed by atoms with E-state index in [0.29, 0.717) is 37.6 Å². The molecular formula is C63H92F2N4O14. The van der Waals surface area contributed by atoms with Gasteiger partial charge in [0.2, 0.25) is 0 Å². The largest absolute Gasteiger partial charge is 0.454 e. The lowest BCUT2D eigenvalue weighted by atomic mass is 9.87. The van der Waals surface area contributed by atoms with Crippen LogP contribution in [0.25, 0.3) is 0 Å². The second-order valence-electron chi connectivity index (χ2n) is 26.5. The molecule has 0 spiro atoms. The summed E-state index contributed by atoms with van der Waals surface area (Å²) < 4.78 is 66.6. The van der Waals surface area contributed by atoms with Crippen LogP contribution in [0, 0.1) is 10.8 Å². The highest BCUT2D eigenvalue weighted by atomic mass is 19.1. The number of halogens is 2. The van der Waals surface area contributed by atoms with Gasteiger partial charge in [0.15, 0.2) is 24.9 Å². The molecule has 20 heteroatoms. The quantitative estimate of drug-likeness (QED) is 0.146. The minimum atomic E-state index is -2.11. The highest BCUT2D eigenvalue weighted by Crippen LogP contribution is 2.32. The molecule has 2 aromatic rings. The number of likely N-dealkylation sites (N-methyl/N-ethyl adjacent to an activating group) is 4. The standard InChI is InChI=1S/C63H92F2N4O14/c1-39-53(71)67(13)49(37-63(10,11)65)59(77)83-50(32-40-16-20-42(21-17-40)44-24-28-78-29-25-44)54(72)68(14)46(34-60(2,3)4)56(74)80-38-52(70)66(12)48(36-62(8,9)64)58(76)82-51(55(73)69(15)47(57(75)81-39)35-61(5,6)7)33-41-18-22-43(23-19-41)45-26-30-79-31-27-45/h16-23,39,44-51H,24-38H2,1-15H3/t39-,46+,47+,48+,49+,50-,51-/m1/s1. The first-order valence-corrected chi connectivity index (χ1v) is 29.1. The Morgan fingerprint density at radius 1 is 0.446 bits per heavy atom. The Bertz CT molecular complexity index is 2470. The molecule has 3 heterocycles. The van der Waals surface area contributed by atoms with Crippen molar-refractivity contribution in [2.24, 2.45) is 10.8 Å². The average Bonchev–Trinajstić information content (AvgIpc) is 3.56. The predicted molar refractivity (Wildman–Crippen MR) is 306 cm³/mol. The summed E-state index contributed by atoms with van der Waals surface area (Å²) in [7, 11) is 5.07. The van der Waals surface area contributed by atoms with Crippen LogP contribution in [0.3, 0.4) is 0 Å². The second kappa shape index (κ2) is 28.7. The number of nitrogens with zero attached hydrogens (tertiary/aromatic N) is 4. The summed E-state index contributed by atoms with van der Waals surface area (Å²) in [4.78, 5) is 121. The van der Waals surface area contributed by atoms with Crippen molar-refractivity contribution >= 4 is 47.5 Å². The summed E-state index contributed by atoms with van der Waals surface area (Å²) in [6.07, 6.45) is -3.51. The molecule has 0 saturated carbocycles. The Morgan fingerprint density at radius 3 is 1.13 bits per heavy atom. The molecule has 0 bridgehead atoms. The van der Waals surface area contributed by atoms with Crippen molar-refractivity contribution in [2.45, 2.75) is 206 Å². The van der Waals surface area contributed by atoms with Gasteiger partial charge in [0, 0.05) is 80.3 Å². The number of hydrogen-bond donors (Lipinski definition) is 0. The highest BCUT2D eigenvalue weighted by molar-refractivity contribution is 5.94. The van der Waals surface area contributed by atoms with E-state index in [1.807, 2.05) is 65.8 Å². The van der Waals surface area contributed by atoms with Gasteiger partial charge in [-0.1, -0.05) is 90.1 Å². The Labute approximate surface area is 489 Å². The minimum Gasteiger partial charge on any atom is -0.454 e. The minimum absolute atomic E-state index is 0.0329. The Kier molecular flexibility index (Phi) is 23.4. The number of benzene rings is 2. The fraction of sp³-hybridized carbons (Fsp3) is 0.683. The lowest BCUT2D eigenvalue weighted by Gasteiger charge is -2.36. The number of amides is 4. The number of rotatable bonds is 12. The molecule has 3 aliphatic rings. The molecule has 5 rings (SSSR count). The molecule has 18 nitrogen and oxygen atoms in total. The fourth-order valence-electron chi connectivity index (χ4n) is 10.7. The van der Waals surface area contributed by atoms with Gasteiger partial charge in [0.25, 0.3) is 23.6 Å². The van der Waals surface area contributed by atoms with Gasteiger partial charge in [-0.2, -0.15) is 0 Å². The summed E-state index contributed by atoms with van der Waals surface area (Å²) in [5.41, 5.74) is -2.34. The maximum absolute atomic E-state index is 15.9. The number of hydrogen-bond acceptors (Lipinski definition) is 14. The summed E-state index contributed by atoms with van der Waals surface area (Å²) in [5, 5.41) is 0. The average molecular weight is 1170 g/mol. The van der Waals surface area contributed by atoms with E-state index in [2.05, 4.69) is 0 Å². The predicted octanol–water partition coefficient (Wildman–Crippen LogP) is 8.03. The highest BCUT2D eigenvalue weighted by Gasteiger charge is 2.45. The van der Waals surface area contributed by atoms with Crippen molar-refractivity contribution in [3.8, 4) is 0 Å². The lowest BCUT2D eigenvalue weighted by molar-refractivity contribution is -0.175. The van der Waals surface area contributed by atoms with Gasteiger partial charge in [-0.3, -0.25) is 19.2 Å². The monoisotopic (exact) mass is 1170 g/mol. The van der Waals surface area contributed by atoms with Gasteiger partial charge in [0.05, 0.1) is 0 Å². The van der Waals surface area contributed by atoms with Crippen molar-refractivity contribution in [3.05, 3.63) is 70.8 Å². The molecule has 3 saturated heterocycles. The van der Waals surface area contributed by atoms with Crippen molar-refractivity contribution < 1.29 is 75.6 Å². The smallest absolute Gasteiger partial charge is 0.329 e. The number of carbonyl (C=O) groups excluding carboxylic acids is 8. The zero-order valence-corrected chi connectivity index (χ0v) is 51.7. The normalized spacial score (nSPS) is 25.2. The maximum Gasteiger partial charge on any atom is 0.329 e. The molecule has 0 unspecified atom stereocenters. The van der Waals surface area contributed by atoms with Gasteiger partial charge in [-0.15, -0.1) is 0 Å². The van der Waals surface area contributed by atoms with Gasteiger partial charge < -0.3 is 48.0 Å². The van der Waals surface area contributed by atoms with Crippen LogP contribution in [0.15, 0.2) is 48.5 Å². The Morgan fingerprint density at radius 2 is 0.771 bits per heavy atom. The zero-order chi connectivity index (χ0) is 61.9. The molecule has 3 aliphatic heterocycles. The van der Waals surface area contributed by atoms with Crippen molar-refractivity contribution in [1.29, 1.82) is 0 Å². The van der Waals surface area contributed by atoms with E-state index in [0.717, 1.165) is 56.4 Å². The van der Waals surface area contributed by atoms with E-state index in [1.165, 1.54) is 62.8 Å². The van der Waals surface area contributed by atoms with E-state index >= 15 is 18.4 Å². The number of ether oxygens (including phenoxy) is 6. The molecule has 0 N–H and O–H groups in total. The van der Waals surface area contributed by atoms with E-state index in [1.54, 1.807) is 24.3 Å². The number of alkyl halides is 2. The van der Waals surface area contributed by atoms with E-state index in [9.17, 15) is 28.8 Å². The van der Waals surface area contributed by atoms with Crippen LogP contribution >= 0.6 is 0 Å². The lowest BCUT2D eigenvalue weighted by Crippen LogP contribution is -2.55. The molecule has 83 heavy (non-hydrogen) atoms. The van der Waals surface area contributed by atoms with E-state index < -0.39 is 132 Å². The molecule has 2 aromatic carbocycles. The van der Waals surface area contributed by atoms with Gasteiger partial charge in [-0.25, -0.2) is 28.0 Å². The van der Waals surface area contributed by atoms with Crippen LogP contribution in [0.4, 0.5) is 8.78 Å². The van der Waals surface area contributed by atoms with Crippen LogP contribution in [0.1, 0.15) is 162 Å². The molecule has 0 aliphatic carbocycles. The third-order valence-corrected chi connectivity index (χ3v) is 15.6. The molecule has 0 radical (unpaired) electrons. The number of cyclic esters (lactones) is 4. The van der Waals surface area contributed by atoms with Crippen molar-refractivity contribution in [3.63, 3.8) is 0 Å². The maximum atomic E-state index is 15.9. The third kappa shape index (κ3) is 20.3. The van der Waals surface area contributed by atoms with Crippen LogP contribution in [-0.4, -0.2) is 182 Å². The fourth-order valence-corrected chi connectivity index (χ4v) is 10.7. The van der Waals surface area contributed by atoms with Gasteiger partial charge in [0.1, 0.15) is 35.5 Å². The molecule has 7 atom stereocenters. The van der Waals surface area contributed by atoms with Crippen LogP contribution < -0.4 is 0 Å². The topological polar surface area (TPSA) is 205 Å². The van der Waals surface area contributed by atoms with E-state index in [-0.39, 0.29) is 37.5 Å². The van der Waals surface area contributed by atoms with E-state index in [4.69, 9.17) is 28.4 Å². The first kappa shape index (κ1) is 67.8. The first-order chi connectivity index (χ1) is 38.5. The number of esters is 4. The summed E-state index contributed by atoms with van der Waals surface area (Å²) >= 11 is 0. The summed E-state index contributed by atoms with van der Waals surface area (Å²) in [5.74, 6) is -7.57.